The smallest absolute Gasteiger partial charge is 0.222 e. The Bertz CT molecular complexity index is 667. The molecule has 3 rings (SSSR count). The predicted octanol–water partition coefficient (Wildman–Crippen LogP) is 3.81. The lowest BCUT2D eigenvalue weighted by atomic mass is 10.0. The fourth-order valence-electron chi connectivity index (χ4n) is 2.41. The van der Waals surface area contributed by atoms with Crippen LogP contribution in [-0.4, -0.2) is 15.9 Å². The van der Waals surface area contributed by atoms with E-state index in [0.29, 0.717) is 5.25 Å². The van der Waals surface area contributed by atoms with E-state index in [9.17, 15) is 10.4 Å². The van der Waals surface area contributed by atoms with Crippen LogP contribution in [-0.2, 0) is 0 Å². The number of nitrogens with zero attached hydrogens (tertiary/aromatic N) is 1. The van der Waals surface area contributed by atoms with E-state index in [2.05, 4.69) is 24.4 Å². The molecule has 108 valence electrons. The zero-order valence-corrected chi connectivity index (χ0v) is 12.4. The van der Waals surface area contributed by atoms with Gasteiger partial charge in [-0.1, -0.05) is 19.1 Å². The zero-order chi connectivity index (χ0) is 14.8. The van der Waals surface area contributed by atoms with Crippen LogP contribution in [0.1, 0.15) is 13.3 Å². The lowest BCUT2D eigenvalue weighted by molar-refractivity contribution is -0.377. The van der Waals surface area contributed by atoms with Crippen molar-refractivity contribution >= 4 is 23.2 Å². The van der Waals surface area contributed by atoms with E-state index in [0.717, 1.165) is 23.4 Å². The highest BCUT2D eigenvalue weighted by Crippen LogP contribution is 2.38. The molecule has 1 N–H and O–H groups in total. The van der Waals surface area contributed by atoms with Gasteiger partial charge >= 0.3 is 0 Å². The fourth-order valence-corrected chi connectivity index (χ4v) is 3.49. The lowest BCUT2D eigenvalue weighted by Gasteiger charge is -2.14. The first-order chi connectivity index (χ1) is 10.1. The van der Waals surface area contributed by atoms with Gasteiger partial charge in [-0.3, -0.25) is 0 Å². The SMILES string of the molecule is CC1CC(=C2C=CC(=[N+]([O-])[O-])C=C2)Nc2ccccc2S1. The van der Waals surface area contributed by atoms with Gasteiger partial charge in [0.2, 0.25) is 5.71 Å². The fraction of sp³-hybridized carbons (Fsp3) is 0.188. The number of hydrogen-bond donors (Lipinski definition) is 1. The highest BCUT2D eigenvalue weighted by Gasteiger charge is 2.18. The second kappa shape index (κ2) is 5.69. The number of anilines is 1. The summed E-state index contributed by atoms with van der Waals surface area (Å²) in [6.07, 6.45) is 7.63. The molecule has 5 heteroatoms. The van der Waals surface area contributed by atoms with E-state index >= 15 is 0 Å². The molecule has 0 bridgehead atoms. The van der Waals surface area contributed by atoms with E-state index in [4.69, 9.17) is 0 Å². The van der Waals surface area contributed by atoms with Gasteiger partial charge in [-0.15, -0.1) is 11.8 Å². The quantitative estimate of drug-likeness (QED) is 0.584. The summed E-state index contributed by atoms with van der Waals surface area (Å²) in [5.74, 6) is 0. The highest BCUT2D eigenvalue weighted by molar-refractivity contribution is 8.00. The predicted molar refractivity (Wildman–Crippen MR) is 87.3 cm³/mol. The molecule has 0 radical (unpaired) electrons. The van der Waals surface area contributed by atoms with Crippen molar-refractivity contribution in [3.8, 4) is 0 Å². The second-order valence-electron chi connectivity index (χ2n) is 5.04. The van der Waals surface area contributed by atoms with Gasteiger partial charge in [-0.25, -0.2) is 0 Å². The Morgan fingerprint density at radius 1 is 1.14 bits per heavy atom. The Morgan fingerprint density at radius 3 is 2.57 bits per heavy atom. The maximum atomic E-state index is 10.7. The summed E-state index contributed by atoms with van der Waals surface area (Å²) < 4.78 is 0. The first kappa shape index (κ1) is 13.8. The average molecular weight is 299 g/mol. The first-order valence-electron chi connectivity index (χ1n) is 6.77. The molecular weight excluding hydrogens is 284 g/mol. The maximum Gasteiger partial charge on any atom is 0.222 e. The number of thioether (sulfide) groups is 1. The van der Waals surface area contributed by atoms with E-state index in [-0.39, 0.29) is 10.6 Å². The van der Waals surface area contributed by atoms with Gasteiger partial charge < -0.3 is 15.7 Å². The minimum absolute atomic E-state index is 0.121. The van der Waals surface area contributed by atoms with E-state index in [1.165, 1.54) is 4.90 Å². The van der Waals surface area contributed by atoms with Gasteiger partial charge in [0.15, 0.2) is 0 Å². The van der Waals surface area contributed by atoms with Gasteiger partial charge in [0.05, 0.1) is 5.69 Å². The van der Waals surface area contributed by atoms with Crippen molar-refractivity contribution in [1.82, 2.24) is 0 Å². The van der Waals surface area contributed by atoms with Crippen LogP contribution >= 0.6 is 11.8 Å². The van der Waals surface area contributed by atoms with Crippen molar-refractivity contribution in [2.45, 2.75) is 23.5 Å². The van der Waals surface area contributed by atoms with Crippen molar-refractivity contribution in [1.29, 1.82) is 0 Å². The number of rotatable bonds is 0. The number of para-hydroxylation sites is 1. The first-order valence-corrected chi connectivity index (χ1v) is 7.65. The van der Waals surface area contributed by atoms with Crippen molar-refractivity contribution in [2.75, 3.05) is 5.32 Å². The van der Waals surface area contributed by atoms with Gasteiger partial charge in [0.1, 0.15) is 0 Å². The molecule has 0 saturated heterocycles. The Hall–Kier alpha value is -2.14. The molecule has 0 saturated carbocycles. The van der Waals surface area contributed by atoms with Crippen LogP contribution in [0.25, 0.3) is 0 Å². The molecule has 1 aromatic carbocycles. The molecule has 1 atom stereocenters. The summed E-state index contributed by atoms with van der Waals surface area (Å²) in [5, 5.41) is 25.4. The van der Waals surface area contributed by atoms with Gasteiger partial charge in [-0.2, -0.15) is 4.90 Å². The lowest BCUT2D eigenvalue weighted by Crippen LogP contribution is -2.10. The molecular formula is C16H15N2O2S-. The molecule has 4 nitrogen and oxygen atoms in total. The van der Waals surface area contributed by atoms with E-state index in [1.807, 2.05) is 36.0 Å². The van der Waals surface area contributed by atoms with Crippen molar-refractivity contribution in [3.05, 3.63) is 70.3 Å². The number of hydrogen-bond acceptors (Lipinski definition) is 4. The number of nitrogens with one attached hydrogen (secondary N) is 1. The summed E-state index contributed by atoms with van der Waals surface area (Å²) in [6.45, 7) is 2.19. The molecule has 21 heavy (non-hydrogen) atoms. The second-order valence-corrected chi connectivity index (χ2v) is 6.52. The molecule has 0 aromatic heterocycles. The van der Waals surface area contributed by atoms with E-state index in [1.54, 1.807) is 12.2 Å². The van der Waals surface area contributed by atoms with Gasteiger partial charge in [0.25, 0.3) is 0 Å². The van der Waals surface area contributed by atoms with Crippen LogP contribution in [0.5, 0.6) is 0 Å². The summed E-state index contributed by atoms with van der Waals surface area (Å²) in [7, 11) is 0. The third kappa shape index (κ3) is 2.97. The molecule has 1 aliphatic carbocycles. The van der Waals surface area contributed by atoms with Crippen LogP contribution in [0.3, 0.4) is 0 Å². The van der Waals surface area contributed by atoms with Crippen LogP contribution in [0.4, 0.5) is 5.69 Å². The molecule has 2 aliphatic rings. The number of benzene rings is 1. The molecule has 0 spiro atoms. The highest BCUT2D eigenvalue weighted by atomic mass is 32.2. The van der Waals surface area contributed by atoms with Crippen LogP contribution in [0, 0.1) is 10.4 Å². The topological polar surface area (TPSA) is 61.2 Å². The van der Waals surface area contributed by atoms with Crippen molar-refractivity contribution in [3.63, 3.8) is 0 Å². The van der Waals surface area contributed by atoms with Gasteiger partial charge in [0, 0.05) is 34.4 Å². The molecule has 0 amide bonds. The molecule has 1 aliphatic heterocycles. The van der Waals surface area contributed by atoms with Crippen molar-refractivity contribution in [2.24, 2.45) is 0 Å². The Morgan fingerprint density at radius 2 is 1.86 bits per heavy atom. The van der Waals surface area contributed by atoms with Crippen LogP contribution in [0.2, 0.25) is 0 Å². The normalized spacial score (nSPS) is 20.8. The largest absolute Gasteiger partial charge is 0.612 e. The Balaban J connectivity index is 1.97. The maximum absolute atomic E-state index is 10.7. The van der Waals surface area contributed by atoms with Gasteiger partial charge in [-0.05, 0) is 29.9 Å². The van der Waals surface area contributed by atoms with Crippen LogP contribution < -0.4 is 5.32 Å². The Kier molecular flexibility index (Phi) is 3.75. The van der Waals surface area contributed by atoms with Crippen molar-refractivity contribution < 1.29 is 4.90 Å². The monoisotopic (exact) mass is 299 g/mol. The molecule has 1 heterocycles. The summed E-state index contributed by atoms with van der Waals surface area (Å²) >= 11 is 1.85. The summed E-state index contributed by atoms with van der Waals surface area (Å²) in [4.78, 5) is 0.866. The summed E-state index contributed by atoms with van der Waals surface area (Å²) in [6, 6.07) is 8.22. The number of fused-ring (bicyclic) bond motifs is 1. The minimum atomic E-state index is -0.372. The minimum Gasteiger partial charge on any atom is -0.612 e. The molecule has 1 aromatic rings. The molecule has 1 unspecified atom stereocenters. The Labute approximate surface area is 127 Å². The van der Waals surface area contributed by atoms with Crippen LogP contribution in [0.15, 0.2) is 64.7 Å². The standard InChI is InChI=1S/C16H15N2O2S/c1-11-10-15(12-6-8-13(9-7-12)18(19)20)17-14-4-2-3-5-16(14)21-11/h2-9,11,17H,10H2,1H3/q-1. The zero-order valence-electron chi connectivity index (χ0n) is 11.6. The summed E-state index contributed by atoms with van der Waals surface area (Å²) in [5.41, 5.74) is 3.33. The third-order valence-electron chi connectivity index (χ3n) is 3.42. The molecule has 0 fully saturated rings. The van der Waals surface area contributed by atoms with E-state index < -0.39 is 0 Å². The number of allylic oxidation sites excluding steroid dienone is 6. The third-order valence-corrected chi connectivity index (χ3v) is 4.60. The average Bonchev–Trinajstić information content (AvgIpc) is 2.65.